The van der Waals surface area contributed by atoms with Crippen molar-refractivity contribution in [3.8, 4) is 0 Å². The number of ether oxygens (including phenoxy) is 1. The summed E-state index contributed by atoms with van der Waals surface area (Å²) in [5, 5.41) is 4.31. The van der Waals surface area contributed by atoms with Crippen LogP contribution in [-0.2, 0) is 16.0 Å². The van der Waals surface area contributed by atoms with Crippen molar-refractivity contribution in [3.05, 3.63) is 53.0 Å². The first-order chi connectivity index (χ1) is 14.0. The standard InChI is InChI=1S/C23H28N4O2/c1-15-4-6-19-18(14-24-20(19)12-15)5-7-22(28)26-23-17(3)25-16(2)13-21(23)27-8-10-29-11-9-27/h4,6,12-14,24H,5,7-11H2,1-3H3,(H,26,28). The van der Waals surface area contributed by atoms with E-state index in [1.807, 2.05) is 20.0 Å². The lowest BCUT2D eigenvalue weighted by molar-refractivity contribution is -0.116. The third-order valence-electron chi connectivity index (χ3n) is 5.47. The van der Waals surface area contributed by atoms with Crippen molar-refractivity contribution in [1.82, 2.24) is 9.97 Å². The Hall–Kier alpha value is -2.86. The molecule has 0 unspecified atom stereocenters. The van der Waals surface area contributed by atoms with Gasteiger partial charge in [0, 0.05) is 42.3 Å². The number of carbonyl (C=O) groups is 1. The molecule has 1 aliphatic heterocycles. The number of H-pyrrole nitrogens is 1. The Bertz CT molecular complexity index is 1030. The van der Waals surface area contributed by atoms with Gasteiger partial charge in [-0.1, -0.05) is 12.1 Å². The second-order valence-corrected chi connectivity index (χ2v) is 7.75. The van der Waals surface area contributed by atoms with Crippen molar-refractivity contribution in [1.29, 1.82) is 0 Å². The minimum atomic E-state index is 0.00900. The minimum absolute atomic E-state index is 0.00900. The van der Waals surface area contributed by atoms with Crippen LogP contribution in [0, 0.1) is 20.8 Å². The van der Waals surface area contributed by atoms with Gasteiger partial charge >= 0.3 is 0 Å². The van der Waals surface area contributed by atoms with Crippen molar-refractivity contribution < 1.29 is 9.53 Å². The molecular weight excluding hydrogens is 364 g/mol. The first-order valence-electron chi connectivity index (χ1n) is 10.2. The number of nitrogens with one attached hydrogen (secondary N) is 2. The fraction of sp³-hybridized carbons (Fsp3) is 0.391. The Morgan fingerprint density at radius 2 is 2.00 bits per heavy atom. The highest BCUT2D eigenvalue weighted by Gasteiger charge is 2.19. The van der Waals surface area contributed by atoms with E-state index in [0.29, 0.717) is 26.1 Å². The zero-order chi connectivity index (χ0) is 20.4. The Balaban J connectivity index is 1.49. The number of carbonyl (C=O) groups excluding carboxylic acids is 1. The van der Waals surface area contributed by atoms with E-state index < -0.39 is 0 Å². The average molecular weight is 393 g/mol. The average Bonchev–Trinajstić information content (AvgIpc) is 3.11. The van der Waals surface area contributed by atoms with E-state index in [1.54, 1.807) is 0 Å². The number of hydrogen-bond donors (Lipinski definition) is 2. The molecule has 6 nitrogen and oxygen atoms in total. The first kappa shape index (κ1) is 19.5. The van der Waals surface area contributed by atoms with E-state index in [1.165, 1.54) is 16.5 Å². The van der Waals surface area contributed by atoms with Crippen LogP contribution in [0.15, 0.2) is 30.5 Å². The van der Waals surface area contributed by atoms with Gasteiger partial charge in [-0.15, -0.1) is 0 Å². The van der Waals surface area contributed by atoms with Crippen LogP contribution in [0.2, 0.25) is 0 Å². The minimum Gasteiger partial charge on any atom is -0.378 e. The van der Waals surface area contributed by atoms with Crippen molar-refractivity contribution in [3.63, 3.8) is 0 Å². The number of fused-ring (bicyclic) bond motifs is 1. The van der Waals surface area contributed by atoms with Crippen LogP contribution in [0.5, 0.6) is 0 Å². The van der Waals surface area contributed by atoms with Gasteiger partial charge in [0.25, 0.3) is 0 Å². The van der Waals surface area contributed by atoms with Crippen molar-refractivity contribution >= 4 is 28.2 Å². The molecule has 0 aliphatic carbocycles. The summed E-state index contributed by atoms with van der Waals surface area (Å²) in [6.45, 7) is 9.07. The van der Waals surface area contributed by atoms with Gasteiger partial charge in [-0.25, -0.2) is 0 Å². The highest BCUT2D eigenvalue weighted by atomic mass is 16.5. The lowest BCUT2D eigenvalue weighted by Gasteiger charge is -2.31. The number of benzene rings is 1. The third kappa shape index (κ3) is 4.27. The molecule has 4 rings (SSSR count). The van der Waals surface area contributed by atoms with Crippen molar-refractivity contribution in [2.45, 2.75) is 33.6 Å². The molecule has 1 amide bonds. The quantitative estimate of drug-likeness (QED) is 0.691. The lowest BCUT2D eigenvalue weighted by Crippen LogP contribution is -2.37. The second-order valence-electron chi connectivity index (χ2n) is 7.75. The number of pyridine rings is 1. The normalized spacial score (nSPS) is 14.4. The number of morpholine rings is 1. The summed E-state index contributed by atoms with van der Waals surface area (Å²) in [5.41, 5.74) is 7.17. The summed E-state index contributed by atoms with van der Waals surface area (Å²) in [6.07, 6.45) is 3.13. The molecule has 3 heterocycles. The van der Waals surface area contributed by atoms with Gasteiger partial charge in [0.2, 0.25) is 5.91 Å². The van der Waals surface area contributed by atoms with Crippen LogP contribution >= 0.6 is 0 Å². The first-order valence-corrected chi connectivity index (χ1v) is 10.2. The maximum Gasteiger partial charge on any atom is 0.224 e. The van der Waals surface area contributed by atoms with E-state index in [4.69, 9.17) is 4.74 Å². The highest BCUT2D eigenvalue weighted by molar-refractivity contribution is 5.95. The van der Waals surface area contributed by atoms with Gasteiger partial charge in [0.05, 0.1) is 30.3 Å². The van der Waals surface area contributed by atoms with Crippen LogP contribution in [0.1, 0.15) is 28.9 Å². The smallest absolute Gasteiger partial charge is 0.224 e. The summed E-state index contributed by atoms with van der Waals surface area (Å²) in [7, 11) is 0. The highest BCUT2D eigenvalue weighted by Crippen LogP contribution is 2.30. The molecular formula is C23H28N4O2. The molecule has 3 aromatic rings. The van der Waals surface area contributed by atoms with Crippen LogP contribution in [0.25, 0.3) is 10.9 Å². The van der Waals surface area contributed by atoms with Gasteiger partial charge in [0.15, 0.2) is 0 Å². The Morgan fingerprint density at radius 3 is 2.79 bits per heavy atom. The molecule has 1 saturated heterocycles. The molecule has 0 bridgehead atoms. The fourth-order valence-corrected chi connectivity index (χ4v) is 3.97. The number of hydrogen-bond acceptors (Lipinski definition) is 4. The van der Waals surface area contributed by atoms with Crippen LogP contribution < -0.4 is 10.2 Å². The number of aryl methyl sites for hydroxylation is 4. The van der Waals surface area contributed by atoms with Gasteiger partial charge in [-0.2, -0.15) is 0 Å². The number of nitrogens with zero attached hydrogens (tertiary/aromatic N) is 2. The maximum absolute atomic E-state index is 12.8. The molecule has 1 aromatic carbocycles. The molecule has 0 radical (unpaired) electrons. The molecule has 2 aromatic heterocycles. The molecule has 2 N–H and O–H groups in total. The van der Waals surface area contributed by atoms with Gasteiger partial charge in [-0.05, 0) is 50.5 Å². The molecule has 29 heavy (non-hydrogen) atoms. The number of aromatic nitrogens is 2. The van der Waals surface area contributed by atoms with Crippen LogP contribution in [0.3, 0.4) is 0 Å². The summed E-state index contributed by atoms with van der Waals surface area (Å²) in [4.78, 5) is 22.9. The van der Waals surface area contributed by atoms with E-state index in [-0.39, 0.29) is 5.91 Å². The second kappa shape index (κ2) is 8.25. The summed E-state index contributed by atoms with van der Waals surface area (Å²) in [5.74, 6) is 0.00900. The monoisotopic (exact) mass is 392 g/mol. The fourth-order valence-electron chi connectivity index (χ4n) is 3.97. The third-order valence-corrected chi connectivity index (χ3v) is 5.47. The maximum atomic E-state index is 12.8. The van der Waals surface area contributed by atoms with Crippen molar-refractivity contribution in [2.24, 2.45) is 0 Å². The number of rotatable bonds is 5. The summed E-state index contributed by atoms with van der Waals surface area (Å²) < 4.78 is 5.48. The summed E-state index contributed by atoms with van der Waals surface area (Å²) in [6, 6.07) is 8.42. The van der Waals surface area contributed by atoms with E-state index in [0.717, 1.165) is 41.4 Å². The Morgan fingerprint density at radius 1 is 1.21 bits per heavy atom. The number of amides is 1. The molecule has 152 valence electrons. The van der Waals surface area contributed by atoms with Gasteiger partial charge in [-0.3, -0.25) is 9.78 Å². The predicted molar refractivity (Wildman–Crippen MR) is 117 cm³/mol. The predicted octanol–water partition coefficient (Wildman–Crippen LogP) is 3.90. The molecule has 0 saturated carbocycles. The number of aromatic amines is 1. The number of anilines is 2. The zero-order valence-corrected chi connectivity index (χ0v) is 17.3. The van der Waals surface area contributed by atoms with E-state index >= 15 is 0 Å². The molecule has 1 aliphatic rings. The van der Waals surface area contributed by atoms with Crippen LogP contribution in [0.4, 0.5) is 11.4 Å². The Kier molecular flexibility index (Phi) is 5.53. The van der Waals surface area contributed by atoms with Gasteiger partial charge < -0.3 is 19.9 Å². The zero-order valence-electron chi connectivity index (χ0n) is 17.3. The largest absolute Gasteiger partial charge is 0.378 e. The molecule has 1 fully saturated rings. The van der Waals surface area contributed by atoms with E-state index in [2.05, 4.69) is 51.4 Å². The summed E-state index contributed by atoms with van der Waals surface area (Å²) >= 11 is 0. The molecule has 0 atom stereocenters. The van der Waals surface area contributed by atoms with Crippen molar-refractivity contribution in [2.75, 3.05) is 36.5 Å². The lowest BCUT2D eigenvalue weighted by atomic mass is 10.1. The van der Waals surface area contributed by atoms with Crippen LogP contribution in [-0.4, -0.2) is 42.2 Å². The SMILES string of the molecule is Cc1ccc2c(CCC(=O)Nc3c(N4CCOCC4)cc(C)nc3C)c[nH]c2c1. The Labute approximate surface area is 171 Å². The molecule has 6 heteroatoms. The van der Waals surface area contributed by atoms with E-state index in [9.17, 15) is 4.79 Å². The topological polar surface area (TPSA) is 70.2 Å². The molecule has 0 spiro atoms. The van der Waals surface area contributed by atoms with Gasteiger partial charge in [0.1, 0.15) is 0 Å².